The Labute approximate surface area is 110 Å². The second-order valence-corrected chi connectivity index (χ2v) is 6.33. The lowest BCUT2D eigenvalue weighted by atomic mass is 9.93. The average molecular weight is 252 g/mol. The van der Waals surface area contributed by atoms with Gasteiger partial charge in [-0.15, -0.1) is 0 Å². The molecule has 0 saturated heterocycles. The minimum atomic E-state index is -0.208. The predicted octanol–water partition coefficient (Wildman–Crippen LogP) is 3.19. The quantitative estimate of drug-likeness (QED) is 0.891. The van der Waals surface area contributed by atoms with Crippen molar-refractivity contribution >= 4 is 0 Å². The first-order valence-corrected chi connectivity index (χ1v) is 6.42. The van der Waals surface area contributed by atoms with Crippen LogP contribution in [0.3, 0.4) is 0 Å². The van der Waals surface area contributed by atoms with E-state index in [2.05, 4.69) is 32.7 Å². The van der Waals surface area contributed by atoms with Crippen molar-refractivity contribution in [2.75, 3.05) is 13.6 Å². The van der Waals surface area contributed by atoms with Crippen LogP contribution >= 0.6 is 0 Å². The maximum absolute atomic E-state index is 13.0. The van der Waals surface area contributed by atoms with E-state index in [0.29, 0.717) is 0 Å². The molecule has 2 nitrogen and oxygen atoms in total. The fourth-order valence-electron chi connectivity index (χ4n) is 2.47. The molecule has 0 radical (unpaired) electrons. The number of nitrogens with zero attached hydrogens (tertiary/aromatic N) is 1. The lowest BCUT2D eigenvalue weighted by Gasteiger charge is -2.35. The van der Waals surface area contributed by atoms with E-state index in [-0.39, 0.29) is 23.3 Å². The van der Waals surface area contributed by atoms with Crippen LogP contribution < -0.4 is 5.73 Å². The van der Waals surface area contributed by atoms with Gasteiger partial charge in [-0.25, -0.2) is 4.39 Å². The lowest BCUT2D eigenvalue weighted by Crippen LogP contribution is -2.41. The van der Waals surface area contributed by atoms with Crippen molar-refractivity contribution in [2.24, 2.45) is 11.1 Å². The third kappa shape index (κ3) is 4.39. The zero-order valence-corrected chi connectivity index (χ0v) is 12.1. The lowest BCUT2D eigenvalue weighted by molar-refractivity contribution is 0.156. The SMILES string of the molecule is CC(N)C(c1ccc(F)cc1)N(C)CC(C)(C)C. The Morgan fingerprint density at radius 2 is 1.72 bits per heavy atom. The van der Waals surface area contributed by atoms with Crippen LogP contribution in [0.25, 0.3) is 0 Å². The zero-order valence-electron chi connectivity index (χ0n) is 12.1. The summed E-state index contributed by atoms with van der Waals surface area (Å²) in [7, 11) is 2.07. The van der Waals surface area contributed by atoms with Crippen LogP contribution in [-0.4, -0.2) is 24.5 Å². The van der Waals surface area contributed by atoms with E-state index in [9.17, 15) is 4.39 Å². The molecule has 0 amide bonds. The number of nitrogens with two attached hydrogens (primary N) is 1. The standard InChI is InChI=1S/C15H25FN2/c1-11(17)14(18(5)10-15(2,3)4)12-6-8-13(16)9-7-12/h6-9,11,14H,10,17H2,1-5H3. The van der Waals surface area contributed by atoms with E-state index in [0.717, 1.165) is 12.1 Å². The van der Waals surface area contributed by atoms with Gasteiger partial charge in [0, 0.05) is 18.6 Å². The van der Waals surface area contributed by atoms with E-state index >= 15 is 0 Å². The summed E-state index contributed by atoms with van der Waals surface area (Å²) in [6.45, 7) is 9.54. The van der Waals surface area contributed by atoms with E-state index in [1.807, 2.05) is 19.1 Å². The fraction of sp³-hybridized carbons (Fsp3) is 0.600. The van der Waals surface area contributed by atoms with Crippen molar-refractivity contribution in [1.82, 2.24) is 4.90 Å². The third-order valence-electron chi connectivity index (χ3n) is 2.91. The van der Waals surface area contributed by atoms with Crippen LogP contribution in [0.4, 0.5) is 4.39 Å². The van der Waals surface area contributed by atoms with Gasteiger partial charge in [-0.3, -0.25) is 4.90 Å². The maximum Gasteiger partial charge on any atom is 0.123 e. The van der Waals surface area contributed by atoms with Crippen molar-refractivity contribution < 1.29 is 4.39 Å². The number of likely N-dealkylation sites (N-methyl/N-ethyl adjacent to an activating group) is 1. The highest BCUT2D eigenvalue weighted by molar-refractivity contribution is 5.21. The molecule has 0 aliphatic heterocycles. The van der Waals surface area contributed by atoms with Crippen molar-refractivity contribution in [3.63, 3.8) is 0 Å². The molecule has 0 spiro atoms. The van der Waals surface area contributed by atoms with Crippen LogP contribution in [0.1, 0.15) is 39.3 Å². The number of halogens is 1. The first-order valence-electron chi connectivity index (χ1n) is 6.42. The number of hydrogen-bond acceptors (Lipinski definition) is 2. The largest absolute Gasteiger partial charge is 0.326 e. The van der Waals surface area contributed by atoms with Crippen molar-refractivity contribution in [3.8, 4) is 0 Å². The van der Waals surface area contributed by atoms with Crippen LogP contribution in [0.2, 0.25) is 0 Å². The summed E-state index contributed by atoms with van der Waals surface area (Å²) in [6.07, 6.45) is 0. The summed E-state index contributed by atoms with van der Waals surface area (Å²) in [4.78, 5) is 2.25. The van der Waals surface area contributed by atoms with Gasteiger partial charge < -0.3 is 5.73 Å². The van der Waals surface area contributed by atoms with Gasteiger partial charge >= 0.3 is 0 Å². The van der Waals surface area contributed by atoms with E-state index in [1.54, 1.807) is 0 Å². The molecule has 0 bridgehead atoms. The smallest absolute Gasteiger partial charge is 0.123 e. The van der Waals surface area contributed by atoms with Gasteiger partial charge in [0.2, 0.25) is 0 Å². The molecule has 3 heteroatoms. The Hall–Kier alpha value is -0.930. The van der Waals surface area contributed by atoms with Crippen LogP contribution in [-0.2, 0) is 0 Å². The maximum atomic E-state index is 13.0. The molecule has 2 unspecified atom stereocenters. The molecule has 0 heterocycles. The van der Waals surface area contributed by atoms with E-state index in [1.165, 1.54) is 12.1 Å². The summed E-state index contributed by atoms with van der Waals surface area (Å²) in [5.74, 6) is -0.208. The molecule has 0 aliphatic rings. The molecule has 1 aromatic rings. The molecule has 18 heavy (non-hydrogen) atoms. The Balaban J connectivity index is 2.92. The van der Waals surface area contributed by atoms with Crippen molar-refractivity contribution in [1.29, 1.82) is 0 Å². The molecule has 0 aromatic heterocycles. The second-order valence-electron chi connectivity index (χ2n) is 6.33. The molecule has 102 valence electrons. The highest BCUT2D eigenvalue weighted by Gasteiger charge is 2.24. The first kappa shape index (κ1) is 15.1. The predicted molar refractivity (Wildman–Crippen MR) is 74.9 cm³/mol. The summed E-state index contributed by atoms with van der Waals surface area (Å²) in [6, 6.07) is 6.75. The van der Waals surface area contributed by atoms with Gasteiger partial charge in [-0.05, 0) is 37.1 Å². The Bertz CT molecular complexity index is 365. The molecule has 0 aliphatic carbocycles. The minimum Gasteiger partial charge on any atom is -0.326 e. The van der Waals surface area contributed by atoms with E-state index < -0.39 is 0 Å². The first-order chi connectivity index (χ1) is 8.20. The molecule has 0 fully saturated rings. The Morgan fingerprint density at radius 1 is 1.22 bits per heavy atom. The van der Waals surface area contributed by atoms with Gasteiger partial charge in [0.25, 0.3) is 0 Å². The zero-order chi connectivity index (χ0) is 13.9. The summed E-state index contributed by atoms with van der Waals surface area (Å²) in [5.41, 5.74) is 7.37. The molecule has 2 atom stereocenters. The highest BCUT2D eigenvalue weighted by atomic mass is 19.1. The number of rotatable bonds is 4. The summed E-state index contributed by atoms with van der Waals surface area (Å²) >= 11 is 0. The molecular formula is C15H25FN2. The summed E-state index contributed by atoms with van der Waals surface area (Å²) in [5, 5.41) is 0. The fourth-order valence-corrected chi connectivity index (χ4v) is 2.47. The summed E-state index contributed by atoms with van der Waals surface area (Å²) < 4.78 is 13.0. The van der Waals surface area contributed by atoms with Crippen LogP contribution in [0.5, 0.6) is 0 Å². The number of hydrogen-bond donors (Lipinski definition) is 1. The van der Waals surface area contributed by atoms with Crippen LogP contribution in [0, 0.1) is 11.2 Å². The van der Waals surface area contributed by atoms with Crippen molar-refractivity contribution in [3.05, 3.63) is 35.6 Å². The van der Waals surface area contributed by atoms with Gasteiger partial charge in [0.15, 0.2) is 0 Å². The number of benzene rings is 1. The molecule has 1 rings (SSSR count). The Kier molecular flexibility index (Phi) is 4.88. The average Bonchev–Trinajstić information content (AvgIpc) is 2.18. The van der Waals surface area contributed by atoms with Gasteiger partial charge in [0.1, 0.15) is 5.82 Å². The van der Waals surface area contributed by atoms with Crippen LogP contribution in [0.15, 0.2) is 24.3 Å². The van der Waals surface area contributed by atoms with Gasteiger partial charge in [-0.2, -0.15) is 0 Å². The second kappa shape index (κ2) is 5.81. The highest BCUT2D eigenvalue weighted by Crippen LogP contribution is 2.26. The molecular weight excluding hydrogens is 227 g/mol. The topological polar surface area (TPSA) is 29.3 Å². The molecule has 2 N–H and O–H groups in total. The van der Waals surface area contributed by atoms with Gasteiger partial charge in [-0.1, -0.05) is 32.9 Å². The molecule has 1 aromatic carbocycles. The Morgan fingerprint density at radius 3 is 2.11 bits per heavy atom. The monoisotopic (exact) mass is 252 g/mol. The van der Waals surface area contributed by atoms with E-state index in [4.69, 9.17) is 5.73 Å². The van der Waals surface area contributed by atoms with Gasteiger partial charge in [0.05, 0.1) is 0 Å². The normalized spacial score (nSPS) is 15.8. The van der Waals surface area contributed by atoms with Crippen molar-refractivity contribution in [2.45, 2.75) is 39.8 Å². The minimum absolute atomic E-state index is 0.00260. The third-order valence-corrected chi connectivity index (χ3v) is 2.91. The molecule has 0 saturated carbocycles.